The molecule has 3 atom stereocenters. The summed E-state index contributed by atoms with van der Waals surface area (Å²) in [7, 11) is 1.84. The highest BCUT2D eigenvalue weighted by molar-refractivity contribution is 4.72. The molecule has 0 bridgehead atoms. The van der Waals surface area contributed by atoms with E-state index >= 15 is 0 Å². The highest BCUT2D eigenvalue weighted by Gasteiger charge is 2.16. The zero-order chi connectivity index (χ0) is 16.6. The number of unbranched alkanes of at least 4 members (excludes halogenated alkanes) is 10. The fourth-order valence-corrected chi connectivity index (χ4v) is 2.84. The summed E-state index contributed by atoms with van der Waals surface area (Å²) in [6.45, 7) is 4.21. The lowest BCUT2D eigenvalue weighted by molar-refractivity contribution is 0.0570. The fraction of sp³-hybridized carbons (Fsp3) is 1.00. The Balaban J connectivity index is 3.28. The van der Waals surface area contributed by atoms with Gasteiger partial charge in [-0.25, -0.2) is 0 Å². The molecule has 0 amide bonds. The maximum Gasteiger partial charge on any atom is 0.0714 e. The molecular weight excluding hydrogens is 274 g/mol. The van der Waals surface area contributed by atoms with Gasteiger partial charge in [-0.05, 0) is 20.4 Å². The first-order valence-corrected chi connectivity index (χ1v) is 9.65. The Morgan fingerprint density at radius 1 is 0.773 bits per heavy atom. The topological polar surface area (TPSA) is 52.5 Å². The Morgan fingerprint density at radius 2 is 1.23 bits per heavy atom. The molecule has 0 unspecified atom stereocenters. The molecule has 0 aromatic heterocycles. The largest absolute Gasteiger partial charge is 0.393 e. The molecule has 0 spiro atoms. The number of nitrogens with one attached hydrogen (secondary N) is 1. The Morgan fingerprint density at radius 3 is 1.68 bits per heavy atom. The third-order valence-electron chi connectivity index (χ3n) is 4.69. The van der Waals surface area contributed by atoms with E-state index in [1.54, 1.807) is 0 Å². The molecular formula is C19H41NO2. The van der Waals surface area contributed by atoms with Crippen molar-refractivity contribution in [3.63, 3.8) is 0 Å². The van der Waals surface area contributed by atoms with Crippen LogP contribution in [0.2, 0.25) is 0 Å². The van der Waals surface area contributed by atoms with Crippen LogP contribution in [0.15, 0.2) is 0 Å². The molecule has 0 fully saturated rings. The standard InChI is InChI=1S/C19H41NO2/c1-4-5-6-7-8-9-10-11-12-13-14-15-18(21)16-19(22)17(2)20-3/h17-22H,4-16H2,1-3H3/t17-,18-,19+/m0/s1. The van der Waals surface area contributed by atoms with Crippen molar-refractivity contribution in [2.75, 3.05) is 7.05 Å². The van der Waals surface area contributed by atoms with Crippen LogP contribution < -0.4 is 5.32 Å². The average molecular weight is 316 g/mol. The number of rotatable bonds is 16. The normalized spacial score (nSPS) is 15.7. The van der Waals surface area contributed by atoms with E-state index < -0.39 is 6.10 Å². The zero-order valence-corrected chi connectivity index (χ0v) is 15.3. The van der Waals surface area contributed by atoms with Crippen LogP contribution in [0.1, 0.15) is 97.3 Å². The number of aliphatic hydroxyl groups is 2. The minimum Gasteiger partial charge on any atom is -0.393 e. The van der Waals surface area contributed by atoms with Gasteiger partial charge in [0, 0.05) is 12.5 Å². The second kappa shape index (κ2) is 15.8. The molecule has 3 heteroatoms. The number of aliphatic hydroxyl groups excluding tert-OH is 2. The van der Waals surface area contributed by atoms with E-state index in [-0.39, 0.29) is 12.1 Å². The highest BCUT2D eigenvalue weighted by atomic mass is 16.3. The predicted molar refractivity (Wildman–Crippen MR) is 96.2 cm³/mol. The zero-order valence-electron chi connectivity index (χ0n) is 15.3. The van der Waals surface area contributed by atoms with Crippen molar-refractivity contribution in [2.45, 2.75) is 116 Å². The van der Waals surface area contributed by atoms with E-state index in [9.17, 15) is 10.2 Å². The third kappa shape index (κ3) is 13.5. The van der Waals surface area contributed by atoms with Crippen molar-refractivity contribution in [3.8, 4) is 0 Å². The molecule has 3 nitrogen and oxygen atoms in total. The van der Waals surface area contributed by atoms with Crippen molar-refractivity contribution >= 4 is 0 Å². The minimum absolute atomic E-state index is 0.0481. The monoisotopic (exact) mass is 315 g/mol. The molecule has 3 N–H and O–H groups in total. The second-order valence-electron chi connectivity index (χ2n) is 6.86. The van der Waals surface area contributed by atoms with E-state index in [2.05, 4.69) is 12.2 Å². The van der Waals surface area contributed by atoms with Crippen molar-refractivity contribution in [1.82, 2.24) is 5.32 Å². The van der Waals surface area contributed by atoms with Gasteiger partial charge in [-0.15, -0.1) is 0 Å². The van der Waals surface area contributed by atoms with Gasteiger partial charge in [-0.3, -0.25) is 0 Å². The molecule has 0 radical (unpaired) electrons. The molecule has 0 aliphatic rings. The quantitative estimate of drug-likeness (QED) is 0.370. The van der Waals surface area contributed by atoms with Gasteiger partial charge in [0.25, 0.3) is 0 Å². The van der Waals surface area contributed by atoms with Gasteiger partial charge in [0.2, 0.25) is 0 Å². The van der Waals surface area contributed by atoms with Crippen LogP contribution in [0.3, 0.4) is 0 Å². The first-order chi connectivity index (χ1) is 10.6. The van der Waals surface area contributed by atoms with Crippen LogP contribution in [0.5, 0.6) is 0 Å². The first-order valence-electron chi connectivity index (χ1n) is 9.65. The summed E-state index contributed by atoms with van der Waals surface area (Å²) in [4.78, 5) is 0. The summed E-state index contributed by atoms with van der Waals surface area (Å²) in [6, 6.07) is 0.0481. The van der Waals surface area contributed by atoms with Crippen molar-refractivity contribution < 1.29 is 10.2 Å². The van der Waals surface area contributed by atoms with Crippen LogP contribution >= 0.6 is 0 Å². The van der Waals surface area contributed by atoms with Crippen molar-refractivity contribution in [2.24, 2.45) is 0 Å². The minimum atomic E-state index is -0.451. The van der Waals surface area contributed by atoms with Crippen LogP contribution in [0.4, 0.5) is 0 Å². The molecule has 0 aromatic carbocycles. The van der Waals surface area contributed by atoms with Crippen molar-refractivity contribution in [1.29, 1.82) is 0 Å². The molecule has 0 saturated heterocycles. The highest BCUT2D eigenvalue weighted by Crippen LogP contribution is 2.14. The lowest BCUT2D eigenvalue weighted by Gasteiger charge is -2.21. The van der Waals surface area contributed by atoms with E-state index in [1.807, 2.05) is 14.0 Å². The SMILES string of the molecule is CCCCCCCCCCCCC[C@H](O)C[C@@H](O)[C@H](C)NC. The van der Waals surface area contributed by atoms with Crippen LogP contribution in [-0.2, 0) is 0 Å². The third-order valence-corrected chi connectivity index (χ3v) is 4.69. The number of hydrogen-bond donors (Lipinski definition) is 3. The molecule has 22 heavy (non-hydrogen) atoms. The summed E-state index contributed by atoms with van der Waals surface area (Å²) in [5, 5.41) is 22.8. The van der Waals surface area contributed by atoms with Gasteiger partial charge < -0.3 is 15.5 Å². The van der Waals surface area contributed by atoms with Gasteiger partial charge >= 0.3 is 0 Å². The Hall–Kier alpha value is -0.120. The maximum absolute atomic E-state index is 9.92. The molecule has 134 valence electrons. The lowest BCUT2D eigenvalue weighted by atomic mass is 10.0. The summed E-state index contributed by atoms with van der Waals surface area (Å²) in [5.74, 6) is 0. The Kier molecular flexibility index (Phi) is 15.7. The van der Waals surface area contributed by atoms with Crippen LogP contribution in [0, 0.1) is 0 Å². The molecule has 0 aliphatic carbocycles. The summed E-state index contributed by atoms with van der Waals surface area (Å²) in [5.41, 5.74) is 0. The van der Waals surface area contributed by atoms with Gasteiger partial charge in [-0.2, -0.15) is 0 Å². The molecule has 0 rings (SSSR count). The number of hydrogen-bond acceptors (Lipinski definition) is 3. The maximum atomic E-state index is 9.92. The average Bonchev–Trinajstić information content (AvgIpc) is 2.51. The van der Waals surface area contributed by atoms with Gasteiger partial charge in [-0.1, -0.05) is 77.6 Å². The van der Waals surface area contributed by atoms with E-state index in [1.165, 1.54) is 64.2 Å². The van der Waals surface area contributed by atoms with E-state index in [0.29, 0.717) is 6.42 Å². The second-order valence-corrected chi connectivity index (χ2v) is 6.86. The lowest BCUT2D eigenvalue weighted by Crippen LogP contribution is -2.37. The summed E-state index contributed by atoms with van der Waals surface area (Å²) < 4.78 is 0. The smallest absolute Gasteiger partial charge is 0.0714 e. The molecule has 0 saturated carbocycles. The summed E-state index contributed by atoms with van der Waals surface area (Å²) in [6.07, 6.45) is 15.1. The predicted octanol–water partition coefficient (Wildman–Crippen LogP) is 4.41. The Labute approximate surface area is 138 Å². The Bertz CT molecular complexity index is 223. The first kappa shape index (κ1) is 21.9. The van der Waals surface area contributed by atoms with Gasteiger partial charge in [0.1, 0.15) is 0 Å². The summed E-state index contributed by atoms with van der Waals surface area (Å²) >= 11 is 0. The number of likely N-dealkylation sites (N-methyl/N-ethyl adjacent to an activating group) is 1. The van der Waals surface area contributed by atoms with E-state index in [0.717, 1.165) is 12.8 Å². The molecule has 0 aliphatic heterocycles. The molecule has 0 aromatic rings. The van der Waals surface area contributed by atoms with Gasteiger partial charge in [0.15, 0.2) is 0 Å². The van der Waals surface area contributed by atoms with E-state index in [4.69, 9.17) is 0 Å². The molecule has 0 heterocycles. The van der Waals surface area contributed by atoms with Crippen LogP contribution in [-0.4, -0.2) is 35.5 Å². The fourth-order valence-electron chi connectivity index (χ4n) is 2.84. The van der Waals surface area contributed by atoms with Crippen molar-refractivity contribution in [3.05, 3.63) is 0 Å². The van der Waals surface area contributed by atoms with Gasteiger partial charge in [0.05, 0.1) is 12.2 Å². The van der Waals surface area contributed by atoms with Crippen LogP contribution in [0.25, 0.3) is 0 Å².